The lowest BCUT2D eigenvalue weighted by Gasteiger charge is -2.08. The lowest BCUT2D eigenvalue weighted by atomic mass is 10.3. The van der Waals surface area contributed by atoms with Gasteiger partial charge in [0.15, 0.2) is 5.16 Å². The number of aryl methyl sites for hydroxylation is 2. The fraction of sp³-hybridized carbons (Fsp3) is 0.429. The third kappa shape index (κ3) is 4.56. The molecule has 7 heteroatoms. The first kappa shape index (κ1) is 15.5. The summed E-state index contributed by atoms with van der Waals surface area (Å²) in [5.41, 5.74) is 0.538. The number of aromatic nitrogens is 4. The summed E-state index contributed by atoms with van der Waals surface area (Å²) in [4.78, 5) is 27.5. The van der Waals surface area contributed by atoms with Gasteiger partial charge in [0.2, 0.25) is 0 Å². The molecule has 0 saturated heterocycles. The minimum atomic E-state index is -0.153. The van der Waals surface area contributed by atoms with E-state index >= 15 is 0 Å². The van der Waals surface area contributed by atoms with Crippen molar-refractivity contribution in [2.45, 2.75) is 43.8 Å². The Balaban J connectivity index is 2.31. The molecule has 112 valence electrons. The second kappa shape index (κ2) is 7.21. The van der Waals surface area contributed by atoms with Crippen molar-refractivity contribution in [2.75, 3.05) is 11.9 Å². The third-order valence-corrected chi connectivity index (χ3v) is 3.43. The number of aromatic amines is 1. The molecule has 0 atom stereocenters. The van der Waals surface area contributed by atoms with E-state index in [2.05, 4.69) is 32.2 Å². The molecule has 2 N–H and O–H groups in total. The number of H-pyrrole nitrogens is 1. The van der Waals surface area contributed by atoms with Crippen LogP contribution in [0.3, 0.4) is 0 Å². The molecule has 0 unspecified atom stereocenters. The Bertz CT molecular complexity index is 646. The summed E-state index contributed by atoms with van der Waals surface area (Å²) in [7, 11) is 0. The second-order valence-corrected chi connectivity index (χ2v) is 5.59. The molecule has 0 amide bonds. The van der Waals surface area contributed by atoms with Crippen molar-refractivity contribution < 1.29 is 0 Å². The fourth-order valence-electron chi connectivity index (χ4n) is 1.83. The van der Waals surface area contributed by atoms with E-state index in [1.54, 1.807) is 6.92 Å². The van der Waals surface area contributed by atoms with Crippen molar-refractivity contribution in [3.8, 4) is 0 Å². The van der Waals surface area contributed by atoms with E-state index in [4.69, 9.17) is 0 Å². The van der Waals surface area contributed by atoms with E-state index < -0.39 is 0 Å². The van der Waals surface area contributed by atoms with Crippen molar-refractivity contribution >= 4 is 17.6 Å². The minimum Gasteiger partial charge on any atom is -0.370 e. The van der Waals surface area contributed by atoms with Crippen molar-refractivity contribution in [2.24, 2.45) is 0 Å². The number of rotatable bonds is 6. The molecule has 2 rings (SSSR count). The predicted molar refractivity (Wildman–Crippen MR) is 83.9 cm³/mol. The summed E-state index contributed by atoms with van der Waals surface area (Å²) in [5, 5.41) is 4.52. The normalized spacial score (nSPS) is 10.6. The van der Waals surface area contributed by atoms with Crippen molar-refractivity contribution in [1.29, 1.82) is 0 Å². The molecule has 2 aromatic heterocycles. The van der Waals surface area contributed by atoms with E-state index in [1.807, 2.05) is 13.0 Å². The Morgan fingerprint density at radius 2 is 2.05 bits per heavy atom. The van der Waals surface area contributed by atoms with Gasteiger partial charge in [-0.05, 0) is 32.0 Å². The molecule has 2 aromatic rings. The molecule has 0 saturated carbocycles. The van der Waals surface area contributed by atoms with Gasteiger partial charge in [-0.25, -0.2) is 15.0 Å². The number of nitrogens with one attached hydrogen (secondary N) is 2. The Morgan fingerprint density at radius 1 is 1.24 bits per heavy atom. The molecule has 0 aromatic carbocycles. The summed E-state index contributed by atoms with van der Waals surface area (Å²) in [5.74, 6) is 1.60. The zero-order chi connectivity index (χ0) is 15.2. The molecule has 0 aliphatic rings. The lowest BCUT2D eigenvalue weighted by molar-refractivity contribution is 0.808. The highest BCUT2D eigenvalue weighted by Gasteiger charge is 2.08. The van der Waals surface area contributed by atoms with Crippen LogP contribution in [0.1, 0.15) is 31.8 Å². The van der Waals surface area contributed by atoms with E-state index in [-0.39, 0.29) is 5.56 Å². The molecule has 0 fully saturated rings. The van der Waals surface area contributed by atoms with Crippen LogP contribution in [0.4, 0.5) is 5.82 Å². The lowest BCUT2D eigenvalue weighted by Crippen LogP contribution is -2.08. The number of anilines is 1. The Hall–Kier alpha value is -1.89. The van der Waals surface area contributed by atoms with Crippen molar-refractivity contribution in [1.82, 2.24) is 19.9 Å². The molecular weight excluding hydrogens is 286 g/mol. The third-order valence-electron chi connectivity index (χ3n) is 2.63. The average Bonchev–Trinajstić information content (AvgIpc) is 2.37. The van der Waals surface area contributed by atoms with Gasteiger partial charge >= 0.3 is 0 Å². The molecule has 0 radical (unpaired) electrons. The van der Waals surface area contributed by atoms with E-state index in [0.29, 0.717) is 10.9 Å². The molecule has 0 bridgehead atoms. The van der Waals surface area contributed by atoms with Crippen LogP contribution in [-0.2, 0) is 6.42 Å². The van der Waals surface area contributed by atoms with E-state index in [1.165, 1.54) is 17.8 Å². The van der Waals surface area contributed by atoms with Gasteiger partial charge in [0.05, 0.1) is 0 Å². The monoisotopic (exact) mass is 305 g/mol. The largest absolute Gasteiger partial charge is 0.370 e. The number of hydrogen-bond acceptors (Lipinski definition) is 6. The van der Waals surface area contributed by atoms with Gasteiger partial charge in [0.25, 0.3) is 5.56 Å². The summed E-state index contributed by atoms with van der Waals surface area (Å²) in [6.07, 6.45) is 1.81. The van der Waals surface area contributed by atoms with Crippen LogP contribution in [-0.4, -0.2) is 26.5 Å². The maximum absolute atomic E-state index is 11.5. The van der Waals surface area contributed by atoms with Crippen LogP contribution in [0.2, 0.25) is 0 Å². The topological polar surface area (TPSA) is 83.6 Å². The first-order valence-electron chi connectivity index (χ1n) is 6.98. The van der Waals surface area contributed by atoms with Gasteiger partial charge < -0.3 is 10.3 Å². The molecular formula is C14H19N5OS. The first-order chi connectivity index (χ1) is 10.1. The summed E-state index contributed by atoms with van der Waals surface area (Å²) in [6, 6.07) is 3.34. The molecule has 0 aliphatic heterocycles. The van der Waals surface area contributed by atoms with Crippen LogP contribution < -0.4 is 10.9 Å². The van der Waals surface area contributed by atoms with Gasteiger partial charge in [-0.2, -0.15) is 0 Å². The molecule has 0 aliphatic carbocycles. The highest BCUT2D eigenvalue weighted by atomic mass is 32.2. The molecule has 21 heavy (non-hydrogen) atoms. The van der Waals surface area contributed by atoms with Gasteiger partial charge in [0.1, 0.15) is 16.7 Å². The predicted octanol–water partition coefficient (Wildman–Crippen LogP) is 2.40. The Morgan fingerprint density at radius 3 is 2.71 bits per heavy atom. The van der Waals surface area contributed by atoms with Gasteiger partial charge in [-0.15, -0.1) is 0 Å². The highest BCUT2D eigenvalue weighted by molar-refractivity contribution is 7.99. The van der Waals surface area contributed by atoms with E-state index in [9.17, 15) is 4.79 Å². The standard InChI is InChI=1S/C14H19N5OS/c1-4-6-10-17-11(15-5-2)8-13(18-10)21-14-16-9(3)7-12(20)19-14/h7-8H,4-6H2,1-3H3,(H,15,17,18)(H,16,19,20). The van der Waals surface area contributed by atoms with Crippen molar-refractivity contribution in [3.05, 3.63) is 34.0 Å². The van der Waals surface area contributed by atoms with E-state index in [0.717, 1.165) is 36.1 Å². The second-order valence-electron chi connectivity index (χ2n) is 4.58. The smallest absolute Gasteiger partial charge is 0.251 e. The van der Waals surface area contributed by atoms with Crippen molar-refractivity contribution in [3.63, 3.8) is 0 Å². The quantitative estimate of drug-likeness (QED) is 0.630. The maximum atomic E-state index is 11.5. The van der Waals surface area contributed by atoms with Crippen LogP contribution in [0.15, 0.2) is 27.1 Å². The Labute approximate surface area is 127 Å². The van der Waals surface area contributed by atoms with Crippen LogP contribution >= 0.6 is 11.8 Å². The summed E-state index contributed by atoms with van der Waals surface area (Å²) >= 11 is 1.34. The van der Waals surface area contributed by atoms with Crippen LogP contribution in [0, 0.1) is 6.92 Å². The molecule has 6 nitrogen and oxygen atoms in total. The molecule has 2 heterocycles. The summed E-state index contributed by atoms with van der Waals surface area (Å²) in [6.45, 7) is 6.71. The number of nitrogens with zero attached hydrogens (tertiary/aromatic N) is 3. The first-order valence-corrected chi connectivity index (χ1v) is 7.80. The van der Waals surface area contributed by atoms with Gasteiger partial charge in [-0.1, -0.05) is 6.92 Å². The maximum Gasteiger partial charge on any atom is 0.251 e. The van der Waals surface area contributed by atoms with Crippen LogP contribution in [0.5, 0.6) is 0 Å². The Kier molecular flexibility index (Phi) is 5.32. The van der Waals surface area contributed by atoms with Gasteiger partial charge in [0, 0.05) is 30.8 Å². The summed E-state index contributed by atoms with van der Waals surface area (Å²) < 4.78 is 0. The zero-order valence-corrected chi connectivity index (χ0v) is 13.3. The minimum absolute atomic E-state index is 0.153. The average molecular weight is 305 g/mol. The zero-order valence-electron chi connectivity index (χ0n) is 12.4. The SMILES string of the molecule is CCCc1nc(NCC)cc(Sc2nc(C)cc(=O)[nH]2)n1. The molecule has 0 spiro atoms. The number of hydrogen-bond donors (Lipinski definition) is 2. The highest BCUT2D eigenvalue weighted by Crippen LogP contribution is 2.24. The van der Waals surface area contributed by atoms with Crippen LogP contribution in [0.25, 0.3) is 0 Å². The van der Waals surface area contributed by atoms with Gasteiger partial charge in [-0.3, -0.25) is 4.79 Å². The fourth-order valence-corrected chi connectivity index (χ4v) is 2.69.